The van der Waals surface area contributed by atoms with Gasteiger partial charge in [0.2, 0.25) is 4.77 Å². The Labute approximate surface area is 168 Å². The van der Waals surface area contributed by atoms with E-state index in [1.807, 2.05) is 30.3 Å². The molecule has 0 saturated carbocycles. The first-order valence-electron chi connectivity index (χ1n) is 8.46. The molecule has 146 valence electrons. The normalized spacial score (nSPS) is 12.0. The minimum absolute atomic E-state index is 0.296. The summed E-state index contributed by atoms with van der Waals surface area (Å²) in [5.41, 5.74) is 0.407. The topological polar surface area (TPSA) is 59.1 Å². The maximum absolute atomic E-state index is 12.9. The SMILES string of the molecule is FC(F)(F)c1cccc(-c2ccc(C=Nn3c(-c4ccccc4)n[nH]c3=S)o2)c1. The second kappa shape index (κ2) is 7.51. The third-order valence-electron chi connectivity index (χ3n) is 4.08. The molecule has 0 aliphatic rings. The number of furan rings is 1. The number of benzene rings is 2. The Hall–Kier alpha value is -3.46. The molecule has 9 heteroatoms. The number of aromatic nitrogens is 3. The highest BCUT2D eigenvalue weighted by Crippen LogP contribution is 2.32. The zero-order valence-corrected chi connectivity index (χ0v) is 15.5. The van der Waals surface area contributed by atoms with E-state index in [2.05, 4.69) is 15.3 Å². The van der Waals surface area contributed by atoms with Crippen molar-refractivity contribution in [2.24, 2.45) is 5.10 Å². The van der Waals surface area contributed by atoms with Gasteiger partial charge in [0.25, 0.3) is 0 Å². The first-order chi connectivity index (χ1) is 13.9. The van der Waals surface area contributed by atoms with Crippen molar-refractivity contribution >= 4 is 18.4 Å². The predicted octanol–water partition coefficient (Wildman–Crippen LogP) is 5.77. The molecule has 0 aliphatic carbocycles. The van der Waals surface area contributed by atoms with Gasteiger partial charge in [-0.1, -0.05) is 42.5 Å². The van der Waals surface area contributed by atoms with Gasteiger partial charge in [0.15, 0.2) is 5.82 Å². The van der Waals surface area contributed by atoms with Gasteiger partial charge in [0.1, 0.15) is 11.5 Å². The molecule has 0 unspecified atom stereocenters. The number of aromatic amines is 1. The standard InChI is InChI=1S/C20H13F3N4OS/c21-20(22,23)15-8-4-7-14(11-15)17-10-9-16(28-17)12-24-27-18(25-26-19(27)29)13-5-2-1-3-6-13/h1-12H,(H,26,29). The summed E-state index contributed by atoms with van der Waals surface area (Å²) in [7, 11) is 0. The maximum atomic E-state index is 12.9. The number of H-pyrrole nitrogens is 1. The molecule has 0 atom stereocenters. The highest BCUT2D eigenvalue weighted by molar-refractivity contribution is 7.71. The lowest BCUT2D eigenvalue weighted by molar-refractivity contribution is -0.137. The fraction of sp³-hybridized carbons (Fsp3) is 0.0500. The van der Waals surface area contributed by atoms with E-state index >= 15 is 0 Å². The summed E-state index contributed by atoms with van der Waals surface area (Å²) in [6.07, 6.45) is -2.99. The lowest BCUT2D eigenvalue weighted by atomic mass is 10.1. The van der Waals surface area contributed by atoms with Crippen molar-refractivity contribution in [2.45, 2.75) is 6.18 Å². The lowest BCUT2D eigenvalue weighted by Crippen LogP contribution is -2.04. The van der Waals surface area contributed by atoms with E-state index in [-0.39, 0.29) is 0 Å². The molecular formula is C20H13F3N4OS. The number of nitrogens with one attached hydrogen (secondary N) is 1. The molecule has 2 heterocycles. The van der Waals surface area contributed by atoms with Gasteiger partial charge >= 0.3 is 6.18 Å². The van der Waals surface area contributed by atoms with Crippen LogP contribution in [0.15, 0.2) is 76.2 Å². The van der Waals surface area contributed by atoms with Crippen molar-refractivity contribution in [1.82, 2.24) is 14.9 Å². The van der Waals surface area contributed by atoms with Crippen LogP contribution < -0.4 is 0 Å². The Morgan fingerprint density at radius 2 is 1.76 bits per heavy atom. The molecule has 0 fully saturated rings. The Morgan fingerprint density at radius 1 is 1.00 bits per heavy atom. The summed E-state index contributed by atoms with van der Waals surface area (Å²) in [4.78, 5) is 0. The van der Waals surface area contributed by atoms with Gasteiger partial charge < -0.3 is 4.42 Å². The van der Waals surface area contributed by atoms with E-state index in [0.717, 1.165) is 17.7 Å². The van der Waals surface area contributed by atoms with Crippen LogP contribution in [0.5, 0.6) is 0 Å². The molecule has 4 rings (SSSR count). The zero-order valence-electron chi connectivity index (χ0n) is 14.7. The molecule has 0 spiro atoms. The van der Waals surface area contributed by atoms with E-state index in [4.69, 9.17) is 16.6 Å². The van der Waals surface area contributed by atoms with Gasteiger partial charge in [-0.15, -0.1) is 0 Å². The molecule has 5 nitrogen and oxygen atoms in total. The predicted molar refractivity (Wildman–Crippen MR) is 105 cm³/mol. The van der Waals surface area contributed by atoms with E-state index in [9.17, 15) is 13.2 Å². The highest BCUT2D eigenvalue weighted by Gasteiger charge is 2.30. The third kappa shape index (κ3) is 4.04. The molecule has 1 N–H and O–H groups in total. The van der Waals surface area contributed by atoms with Crippen molar-refractivity contribution in [2.75, 3.05) is 0 Å². The minimum Gasteiger partial charge on any atom is -0.455 e. The average molecular weight is 414 g/mol. The van der Waals surface area contributed by atoms with Crippen LogP contribution in [0.1, 0.15) is 11.3 Å². The maximum Gasteiger partial charge on any atom is 0.416 e. The first kappa shape index (κ1) is 18.9. The van der Waals surface area contributed by atoms with E-state index in [0.29, 0.717) is 27.7 Å². The molecule has 0 saturated heterocycles. The molecule has 0 amide bonds. The van der Waals surface area contributed by atoms with Crippen LogP contribution in [-0.4, -0.2) is 21.1 Å². The minimum atomic E-state index is -4.42. The molecule has 0 bridgehead atoms. The van der Waals surface area contributed by atoms with Crippen LogP contribution in [0, 0.1) is 4.77 Å². The van der Waals surface area contributed by atoms with E-state index < -0.39 is 11.7 Å². The summed E-state index contributed by atoms with van der Waals surface area (Å²) in [6.45, 7) is 0. The summed E-state index contributed by atoms with van der Waals surface area (Å²) >= 11 is 5.21. The number of rotatable bonds is 4. The van der Waals surface area contributed by atoms with Crippen molar-refractivity contribution < 1.29 is 17.6 Å². The monoisotopic (exact) mass is 414 g/mol. The summed E-state index contributed by atoms with van der Waals surface area (Å²) in [5.74, 6) is 1.19. The largest absolute Gasteiger partial charge is 0.455 e. The fourth-order valence-electron chi connectivity index (χ4n) is 2.71. The van der Waals surface area contributed by atoms with Gasteiger partial charge in [-0.25, -0.2) is 5.10 Å². The Bertz CT molecular complexity index is 1220. The first-order valence-corrected chi connectivity index (χ1v) is 8.87. The van der Waals surface area contributed by atoms with Crippen molar-refractivity contribution in [3.8, 4) is 22.7 Å². The van der Waals surface area contributed by atoms with Gasteiger partial charge in [0.05, 0.1) is 11.8 Å². The zero-order chi connectivity index (χ0) is 20.4. The smallest absolute Gasteiger partial charge is 0.416 e. The Kier molecular flexibility index (Phi) is 4.89. The van der Waals surface area contributed by atoms with Crippen molar-refractivity contribution in [3.63, 3.8) is 0 Å². The van der Waals surface area contributed by atoms with Crippen molar-refractivity contribution in [1.29, 1.82) is 0 Å². The summed E-state index contributed by atoms with van der Waals surface area (Å²) in [5, 5.41) is 11.2. The van der Waals surface area contributed by atoms with Gasteiger partial charge in [0, 0.05) is 11.1 Å². The average Bonchev–Trinajstić information content (AvgIpc) is 3.33. The number of halogens is 3. The molecule has 4 aromatic rings. The second-order valence-electron chi connectivity index (χ2n) is 6.06. The van der Waals surface area contributed by atoms with Crippen LogP contribution in [0.3, 0.4) is 0 Å². The number of hydrogen-bond acceptors (Lipinski definition) is 4. The molecule has 0 aliphatic heterocycles. The molecular weight excluding hydrogens is 401 g/mol. The van der Waals surface area contributed by atoms with E-state index in [1.54, 1.807) is 18.2 Å². The van der Waals surface area contributed by atoms with Crippen LogP contribution >= 0.6 is 12.2 Å². The molecule has 2 aromatic heterocycles. The summed E-state index contributed by atoms with van der Waals surface area (Å²) in [6, 6.07) is 17.5. The lowest BCUT2D eigenvalue weighted by Gasteiger charge is -2.07. The van der Waals surface area contributed by atoms with Crippen LogP contribution in [0.25, 0.3) is 22.7 Å². The Balaban J connectivity index is 1.62. The number of hydrogen-bond donors (Lipinski definition) is 1. The molecule has 0 radical (unpaired) electrons. The summed E-state index contributed by atoms with van der Waals surface area (Å²) < 4.78 is 46.1. The molecule has 29 heavy (non-hydrogen) atoms. The third-order valence-corrected chi connectivity index (χ3v) is 4.35. The van der Waals surface area contributed by atoms with E-state index in [1.165, 1.54) is 17.0 Å². The van der Waals surface area contributed by atoms with Crippen LogP contribution in [-0.2, 0) is 6.18 Å². The van der Waals surface area contributed by atoms with Crippen LogP contribution in [0.4, 0.5) is 13.2 Å². The second-order valence-corrected chi connectivity index (χ2v) is 6.44. The van der Waals surface area contributed by atoms with Crippen LogP contribution in [0.2, 0.25) is 0 Å². The van der Waals surface area contributed by atoms with Gasteiger partial charge in [-0.05, 0) is 36.5 Å². The number of nitrogens with zero attached hydrogens (tertiary/aromatic N) is 3. The number of alkyl halides is 3. The quantitative estimate of drug-likeness (QED) is 0.341. The fourth-order valence-corrected chi connectivity index (χ4v) is 2.89. The van der Waals surface area contributed by atoms with Gasteiger partial charge in [-0.3, -0.25) is 0 Å². The van der Waals surface area contributed by atoms with Gasteiger partial charge in [-0.2, -0.15) is 28.0 Å². The molecule has 2 aromatic carbocycles. The Morgan fingerprint density at radius 3 is 2.52 bits per heavy atom. The van der Waals surface area contributed by atoms with Crippen molar-refractivity contribution in [3.05, 3.63) is 82.8 Å². The highest BCUT2D eigenvalue weighted by atomic mass is 32.1.